The fourth-order valence-electron chi connectivity index (χ4n) is 3.32. The number of benzene rings is 2. The molecule has 0 saturated carbocycles. The smallest absolute Gasteiger partial charge is 0.306 e. The molecule has 0 saturated heterocycles. The summed E-state index contributed by atoms with van der Waals surface area (Å²) < 4.78 is 41.3. The first-order chi connectivity index (χ1) is 13.9. The van der Waals surface area contributed by atoms with Crippen LogP contribution in [-0.4, -0.2) is 24.7 Å². The third kappa shape index (κ3) is 2.87. The monoisotopic (exact) mass is 395 g/mol. The lowest BCUT2D eigenvalue weighted by atomic mass is 10.1. The number of fused-ring (bicyclic) bond motifs is 2. The Bertz CT molecular complexity index is 1410. The second-order valence-electron chi connectivity index (χ2n) is 6.50. The Balaban J connectivity index is 1.85. The van der Waals surface area contributed by atoms with E-state index in [4.69, 9.17) is 0 Å². The molecule has 0 amide bonds. The lowest BCUT2D eigenvalue weighted by molar-refractivity contribution is -0.140. The summed E-state index contributed by atoms with van der Waals surface area (Å²) in [4.78, 5) is 20.8. The second kappa shape index (κ2) is 6.06. The molecule has 6 nitrogen and oxygen atoms in total. The van der Waals surface area contributed by atoms with Gasteiger partial charge in [0.1, 0.15) is 22.4 Å². The zero-order valence-corrected chi connectivity index (χ0v) is 14.7. The minimum atomic E-state index is -4.57. The maximum absolute atomic E-state index is 13.3. The van der Waals surface area contributed by atoms with Gasteiger partial charge in [-0.25, -0.2) is 14.5 Å². The van der Waals surface area contributed by atoms with Crippen molar-refractivity contribution in [3.63, 3.8) is 0 Å². The van der Waals surface area contributed by atoms with Crippen molar-refractivity contribution in [1.82, 2.24) is 24.7 Å². The molecule has 0 aliphatic carbocycles. The first-order valence-corrected chi connectivity index (χ1v) is 8.65. The van der Waals surface area contributed by atoms with Gasteiger partial charge in [0.2, 0.25) is 0 Å². The van der Waals surface area contributed by atoms with Crippen molar-refractivity contribution in [2.24, 2.45) is 0 Å². The average molecular weight is 395 g/mol. The van der Waals surface area contributed by atoms with Crippen molar-refractivity contribution in [2.75, 3.05) is 0 Å². The quantitative estimate of drug-likeness (QED) is 0.468. The number of pyridine rings is 1. The van der Waals surface area contributed by atoms with E-state index in [2.05, 4.69) is 20.1 Å². The van der Waals surface area contributed by atoms with Gasteiger partial charge in [0.05, 0.1) is 16.7 Å². The largest absolute Gasteiger partial charge is 0.433 e. The van der Waals surface area contributed by atoms with Crippen LogP contribution in [0.4, 0.5) is 13.2 Å². The van der Waals surface area contributed by atoms with Crippen LogP contribution >= 0.6 is 0 Å². The molecule has 29 heavy (non-hydrogen) atoms. The first kappa shape index (κ1) is 17.2. The molecule has 0 atom stereocenters. The van der Waals surface area contributed by atoms with E-state index in [1.807, 2.05) is 18.2 Å². The number of para-hydroxylation sites is 1. The van der Waals surface area contributed by atoms with Crippen molar-refractivity contribution >= 4 is 22.1 Å². The van der Waals surface area contributed by atoms with E-state index >= 15 is 0 Å². The molecule has 2 aromatic carbocycles. The Morgan fingerprint density at radius 1 is 0.897 bits per heavy atom. The summed E-state index contributed by atoms with van der Waals surface area (Å²) in [6, 6.07) is 16.4. The number of alkyl halides is 3. The molecule has 0 unspecified atom stereocenters. The average Bonchev–Trinajstić information content (AvgIpc) is 3.26. The zero-order valence-electron chi connectivity index (χ0n) is 14.7. The zero-order chi connectivity index (χ0) is 20.2. The number of aromatic nitrogens is 5. The van der Waals surface area contributed by atoms with Gasteiger partial charge >= 0.3 is 11.9 Å². The number of rotatable bonds is 2. The van der Waals surface area contributed by atoms with Gasteiger partial charge < -0.3 is 9.97 Å². The highest BCUT2D eigenvalue weighted by atomic mass is 19.4. The van der Waals surface area contributed by atoms with Gasteiger partial charge in [0.15, 0.2) is 0 Å². The fraction of sp³-hybridized carbons (Fsp3) is 0.0500. The molecule has 5 rings (SSSR count). The molecule has 0 fully saturated rings. The summed E-state index contributed by atoms with van der Waals surface area (Å²) in [5.41, 5.74) is 1.89. The van der Waals surface area contributed by atoms with Crippen LogP contribution in [0.5, 0.6) is 0 Å². The summed E-state index contributed by atoms with van der Waals surface area (Å²) in [6.45, 7) is 0. The molecule has 0 aliphatic heterocycles. The van der Waals surface area contributed by atoms with E-state index in [9.17, 15) is 18.0 Å². The van der Waals surface area contributed by atoms with Crippen molar-refractivity contribution in [3.05, 3.63) is 76.8 Å². The number of hydrogen-bond donors (Lipinski definition) is 2. The number of nitrogens with one attached hydrogen (secondary N) is 2. The summed E-state index contributed by atoms with van der Waals surface area (Å²) in [5.74, 6) is 0. The molecule has 3 aromatic heterocycles. The molecule has 0 radical (unpaired) electrons. The van der Waals surface area contributed by atoms with Gasteiger partial charge in [-0.05, 0) is 36.4 Å². The van der Waals surface area contributed by atoms with Crippen LogP contribution in [0.15, 0.2) is 65.5 Å². The molecule has 9 heteroatoms. The Morgan fingerprint density at radius 3 is 2.41 bits per heavy atom. The number of H-pyrrole nitrogens is 2. The minimum absolute atomic E-state index is 0.126. The van der Waals surface area contributed by atoms with E-state index in [1.165, 1.54) is 6.07 Å². The Kier molecular flexibility index (Phi) is 3.60. The summed E-state index contributed by atoms with van der Waals surface area (Å²) in [7, 11) is 0. The van der Waals surface area contributed by atoms with Crippen LogP contribution < -0.4 is 5.69 Å². The third-order valence-corrected chi connectivity index (χ3v) is 4.60. The molecule has 2 N–H and O–H groups in total. The van der Waals surface area contributed by atoms with Gasteiger partial charge in [-0.2, -0.15) is 18.3 Å². The van der Waals surface area contributed by atoms with Gasteiger partial charge in [-0.15, -0.1) is 0 Å². The SMILES string of the molecule is O=c1[nH]c2ccc(-c3c4nc(C(F)(F)F)ccc4nn3-c3ccccc3)cc2[nH]1. The van der Waals surface area contributed by atoms with E-state index < -0.39 is 11.9 Å². The standard InChI is InChI=1S/C20H12F3N5O/c21-20(22,23)16-9-8-14-17(26-16)18(28(27-14)12-4-2-1-3-5-12)11-6-7-13-15(10-11)25-19(29)24-13/h1-10H,(H2,24,25,29). The van der Waals surface area contributed by atoms with Crippen molar-refractivity contribution in [2.45, 2.75) is 6.18 Å². The maximum atomic E-state index is 13.3. The normalized spacial score (nSPS) is 12.1. The Labute approximate surface area is 160 Å². The predicted molar refractivity (Wildman–Crippen MR) is 102 cm³/mol. The molecule has 5 aromatic rings. The topological polar surface area (TPSA) is 79.4 Å². The molecular formula is C20H12F3N5O. The fourth-order valence-corrected chi connectivity index (χ4v) is 3.32. The predicted octanol–water partition coefficient (Wildman–Crippen LogP) is 4.28. The molecular weight excluding hydrogens is 383 g/mol. The van der Waals surface area contributed by atoms with Gasteiger partial charge in [0.25, 0.3) is 0 Å². The molecule has 144 valence electrons. The third-order valence-electron chi connectivity index (χ3n) is 4.60. The van der Waals surface area contributed by atoms with Crippen LogP contribution in [0.2, 0.25) is 0 Å². The lowest BCUT2D eigenvalue weighted by Gasteiger charge is -2.09. The lowest BCUT2D eigenvalue weighted by Crippen LogP contribution is -2.07. The van der Waals surface area contributed by atoms with E-state index in [0.29, 0.717) is 33.5 Å². The van der Waals surface area contributed by atoms with Crippen LogP contribution in [0.3, 0.4) is 0 Å². The summed E-state index contributed by atoms with van der Waals surface area (Å²) in [5, 5.41) is 4.47. The molecule has 3 heterocycles. The summed E-state index contributed by atoms with van der Waals surface area (Å²) in [6.07, 6.45) is -4.57. The highest BCUT2D eigenvalue weighted by Gasteiger charge is 2.33. The Morgan fingerprint density at radius 2 is 1.66 bits per heavy atom. The van der Waals surface area contributed by atoms with Crippen molar-refractivity contribution in [1.29, 1.82) is 0 Å². The van der Waals surface area contributed by atoms with Crippen molar-refractivity contribution in [3.8, 4) is 16.9 Å². The van der Waals surface area contributed by atoms with Crippen LogP contribution in [0.25, 0.3) is 39.0 Å². The van der Waals surface area contributed by atoms with Crippen molar-refractivity contribution < 1.29 is 13.2 Å². The minimum Gasteiger partial charge on any atom is -0.306 e. The Hall–Kier alpha value is -3.88. The number of aromatic amines is 2. The number of hydrogen-bond acceptors (Lipinski definition) is 3. The number of nitrogens with zero attached hydrogens (tertiary/aromatic N) is 3. The maximum Gasteiger partial charge on any atom is 0.433 e. The number of imidazole rings is 1. The molecule has 0 aliphatic rings. The summed E-state index contributed by atoms with van der Waals surface area (Å²) >= 11 is 0. The van der Waals surface area contributed by atoms with E-state index in [1.54, 1.807) is 35.0 Å². The molecule has 0 bridgehead atoms. The first-order valence-electron chi connectivity index (χ1n) is 8.65. The second-order valence-corrected chi connectivity index (χ2v) is 6.50. The highest BCUT2D eigenvalue weighted by molar-refractivity contribution is 5.93. The van der Waals surface area contributed by atoms with Crippen LogP contribution in [-0.2, 0) is 6.18 Å². The van der Waals surface area contributed by atoms with E-state index in [0.717, 1.165) is 6.07 Å². The van der Waals surface area contributed by atoms with Crippen LogP contribution in [0, 0.1) is 0 Å². The van der Waals surface area contributed by atoms with E-state index in [-0.39, 0.29) is 11.2 Å². The van der Waals surface area contributed by atoms with Crippen LogP contribution in [0.1, 0.15) is 5.69 Å². The highest BCUT2D eigenvalue weighted by Crippen LogP contribution is 2.34. The van der Waals surface area contributed by atoms with Gasteiger partial charge in [-0.3, -0.25) is 0 Å². The van der Waals surface area contributed by atoms with Gasteiger partial charge in [0, 0.05) is 5.56 Å². The van der Waals surface area contributed by atoms with Gasteiger partial charge in [-0.1, -0.05) is 24.3 Å². The number of halogens is 3. The molecule has 0 spiro atoms.